The minimum atomic E-state index is -1.02. The first-order valence-electron chi connectivity index (χ1n) is 3.39. The van der Waals surface area contributed by atoms with E-state index in [1.807, 2.05) is 0 Å². The molecule has 2 atom stereocenters. The smallest absolute Gasteiger partial charge is 0.331 e. The molecular formula is C7H10O4. The van der Waals surface area contributed by atoms with Gasteiger partial charge in [0.2, 0.25) is 0 Å². The van der Waals surface area contributed by atoms with Crippen molar-refractivity contribution in [2.45, 2.75) is 25.0 Å². The number of hydrogen-bond donors (Lipinski definition) is 3. The van der Waals surface area contributed by atoms with Crippen molar-refractivity contribution in [2.75, 3.05) is 0 Å². The average molecular weight is 158 g/mol. The first kappa shape index (κ1) is 8.23. The van der Waals surface area contributed by atoms with Crippen molar-refractivity contribution in [2.24, 2.45) is 0 Å². The van der Waals surface area contributed by atoms with Gasteiger partial charge in [-0.2, -0.15) is 0 Å². The summed E-state index contributed by atoms with van der Waals surface area (Å²) in [5.41, 5.74) is 0.183. The Morgan fingerprint density at radius 3 is 2.55 bits per heavy atom. The van der Waals surface area contributed by atoms with Crippen LogP contribution in [0.5, 0.6) is 0 Å². The van der Waals surface area contributed by atoms with Gasteiger partial charge in [-0.3, -0.25) is 0 Å². The molecule has 1 aliphatic carbocycles. The molecule has 0 aromatic rings. The molecule has 11 heavy (non-hydrogen) atoms. The molecule has 0 bridgehead atoms. The molecule has 62 valence electrons. The summed E-state index contributed by atoms with van der Waals surface area (Å²) in [6, 6.07) is 0. The number of aliphatic carboxylic acids is 1. The molecule has 0 aromatic heterocycles. The van der Waals surface area contributed by atoms with E-state index in [1.165, 1.54) is 6.08 Å². The quantitative estimate of drug-likeness (QED) is 0.481. The van der Waals surface area contributed by atoms with Crippen molar-refractivity contribution in [1.82, 2.24) is 0 Å². The van der Waals surface area contributed by atoms with Crippen LogP contribution < -0.4 is 0 Å². The molecule has 0 spiro atoms. The largest absolute Gasteiger partial charge is 0.478 e. The van der Waals surface area contributed by atoms with E-state index in [2.05, 4.69) is 0 Å². The zero-order valence-electron chi connectivity index (χ0n) is 5.90. The average Bonchev–Trinajstić information content (AvgIpc) is 1.94. The van der Waals surface area contributed by atoms with Crippen molar-refractivity contribution >= 4 is 5.97 Å². The number of rotatable bonds is 1. The van der Waals surface area contributed by atoms with E-state index in [1.54, 1.807) is 0 Å². The highest BCUT2D eigenvalue weighted by Crippen LogP contribution is 2.18. The maximum absolute atomic E-state index is 10.3. The third kappa shape index (κ3) is 1.78. The van der Waals surface area contributed by atoms with E-state index in [4.69, 9.17) is 15.3 Å². The maximum atomic E-state index is 10.3. The van der Waals surface area contributed by atoms with Crippen LogP contribution in [-0.2, 0) is 4.79 Å². The van der Waals surface area contributed by atoms with Crippen molar-refractivity contribution in [3.63, 3.8) is 0 Å². The molecule has 0 saturated heterocycles. The van der Waals surface area contributed by atoms with Gasteiger partial charge < -0.3 is 15.3 Å². The highest BCUT2D eigenvalue weighted by molar-refractivity contribution is 5.86. The predicted octanol–water partition coefficient (Wildman–Crippen LogP) is -0.487. The summed E-state index contributed by atoms with van der Waals surface area (Å²) in [4.78, 5) is 10.3. The van der Waals surface area contributed by atoms with Crippen LogP contribution in [-0.4, -0.2) is 33.5 Å². The predicted molar refractivity (Wildman–Crippen MR) is 37.0 cm³/mol. The van der Waals surface area contributed by atoms with Crippen LogP contribution in [0.1, 0.15) is 12.8 Å². The molecule has 0 radical (unpaired) electrons. The molecule has 3 N–H and O–H groups in total. The van der Waals surface area contributed by atoms with Gasteiger partial charge in [-0.05, 0) is 6.42 Å². The first-order valence-corrected chi connectivity index (χ1v) is 3.39. The summed E-state index contributed by atoms with van der Waals surface area (Å²) < 4.78 is 0. The van der Waals surface area contributed by atoms with Gasteiger partial charge >= 0.3 is 5.97 Å². The summed E-state index contributed by atoms with van der Waals surface area (Å²) in [6.45, 7) is 0. The van der Waals surface area contributed by atoms with E-state index in [-0.39, 0.29) is 18.4 Å². The molecule has 0 heterocycles. The Bertz CT molecular complexity index is 197. The van der Waals surface area contributed by atoms with Gasteiger partial charge in [0, 0.05) is 12.0 Å². The normalized spacial score (nSPS) is 31.3. The molecule has 0 fully saturated rings. The van der Waals surface area contributed by atoms with Crippen molar-refractivity contribution in [3.8, 4) is 0 Å². The van der Waals surface area contributed by atoms with E-state index in [9.17, 15) is 4.79 Å². The van der Waals surface area contributed by atoms with Gasteiger partial charge in [0.1, 0.15) is 0 Å². The van der Waals surface area contributed by atoms with Crippen LogP contribution in [0.15, 0.2) is 11.6 Å². The van der Waals surface area contributed by atoms with E-state index in [0.717, 1.165) is 0 Å². The zero-order chi connectivity index (χ0) is 8.43. The molecule has 0 amide bonds. The highest BCUT2D eigenvalue weighted by Gasteiger charge is 2.24. The third-order valence-corrected chi connectivity index (χ3v) is 1.75. The topological polar surface area (TPSA) is 77.8 Å². The summed E-state index contributed by atoms with van der Waals surface area (Å²) in [6.07, 6.45) is -0.0249. The van der Waals surface area contributed by atoms with Crippen molar-refractivity contribution < 1.29 is 20.1 Å². The lowest BCUT2D eigenvalue weighted by Crippen LogP contribution is -2.30. The monoisotopic (exact) mass is 158 g/mol. The van der Waals surface area contributed by atoms with Crippen LogP contribution >= 0.6 is 0 Å². The summed E-state index contributed by atoms with van der Waals surface area (Å²) in [7, 11) is 0. The Hall–Kier alpha value is -0.870. The summed E-state index contributed by atoms with van der Waals surface area (Å²) >= 11 is 0. The fourth-order valence-electron chi connectivity index (χ4n) is 1.04. The minimum absolute atomic E-state index is 0.0382. The van der Waals surface area contributed by atoms with Gasteiger partial charge in [0.05, 0.1) is 12.2 Å². The van der Waals surface area contributed by atoms with Gasteiger partial charge in [0.15, 0.2) is 0 Å². The van der Waals surface area contributed by atoms with Crippen LogP contribution in [0.25, 0.3) is 0 Å². The number of carboxylic acids is 1. The lowest BCUT2D eigenvalue weighted by atomic mass is 9.95. The van der Waals surface area contributed by atoms with Gasteiger partial charge in [-0.25, -0.2) is 4.79 Å². The second kappa shape index (κ2) is 3.02. The molecule has 0 unspecified atom stereocenters. The fourth-order valence-corrected chi connectivity index (χ4v) is 1.04. The van der Waals surface area contributed by atoms with Crippen LogP contribution in [0.2, 0.25) is 0 Å². The minimum Gasteiger partial charge on any atom is -0.478 e. The van der Waals surface area contributed by atoms with Crippen LogP contribution in [0.4, 0.5) is 0 Å². The molecular weight excluding hydrogens is 148 g/mol. The SMILES string of the molecule is O=C(O)C1=CC[C@H](O)[C@H](O)C1. The lowest BCUT2D eigenvalue weighted by Gasteiger charge is -2.21. The Labute approximate surface area is 63.8 Å². The number of hydrogen-bond acceptors (Lipinski definition) is 3. The van der Waals surface area contributed by atoms with Gasteiger partial charge in [0.25, 0.3) is 0 Å². The van der Waals surface area contributed by atoms with Crippen LogP contribution in [0, 0.1) is 0 Å². The standard InChI is InChI=1S/C7H10O4/c8-5-2-1-4(7(10)11)3-6(5)9/h1,5-6,8-9H,2-3H2,(H,10,11)/t5-,6+/m0/s1. The Morgan fingerprint density at radius 2 is 2.09 bits per heavy atom. The number of carbonyl (C=O) groups is 1. The maximum Gasteiger partial charge on any atom is 0.331 e. The Kier molecular flexibility index (Phi) is 2.26. The number of aliphatic hydroxyl groups is 2. The molecule has 1 rings (SSSR count). The second-order valence-electron chi connectivity index (χ2n) is 2.61. The molecule has 0 aromatic carbocycles. The molecule has 4 heteroatoms. The van der Waals surface area contributed by atoms with E-state index < -0.39 is 18.2 Å². The number of aliphatic hydroxyl groups excluding tert-OH is 2. The summed E-state index contributed by atoms with van der Waals surface area (Å²) in [5.74, 6) is -1.02. The van der Waals surface area contributed by atoms with E-state index in [0.29, 0.717) is 0 Å². The third-order valence-electron chi connectivity index (χ3n) is 1.75. The fraction of sp³-hybridized carbons (Fsp3) is 0.571. The number of carboxylic acid groups (broad SMARTS) is 1. The van der Waals surface area contributed by atoms with Crippen molar-refractivity contribution in [1.29, 1.82) is 0 Å². The molecule has 0 saturated carbocycles. The highest BCUT2D eigenvalue weighted by atomic mass is 16.4. The van der Waals surface area contributed by atoms with Crippen LogP contribution in [0.3, 0.4) is 0 Å². The van der Waals surface area contributed by atoms with Gasteiger partial charge in [-0.1, -0.05) is 6.08 Å². The van der Waals surface area contributed by atoms with E-state index >= 15 is 0 Å². The van der Waals surface area contributed by atoms with Crippen molar-refractivity contribution in [3.05, 3.63) is 11.6 Å². The van der Waals surface area contributed by atoms with Gasteiger partial charge in [-0.15, -0.1) is 0 Å². The first-order chi connectivity index (χ1) is 5.11. The Morgan fingerprint density at radius 1 is 1.45 bits per heavy atom. The second-order valence-corrected chi connectivity index (χ2v) is 2.61. The lowest BCUT2D eigenvalue weighted by molar-refractivity contribution is -0.133. The summed E-state index contributed by atoms with van der Waals surface area (Å²) in [5, 5.41) is 26.5. The molecule has 1 aliphatic rings. The molecule has 0 aliphatic heterocycles. The Balaban J connectivity index is 2.66. The molecule has 4 nitrogen and oxygen atoms in total. The zero-order valence-corrected chi connectivity index (χ0v) is 5.90.